The maximum atomic E-state index is 12.9. The van der Waals surface area contributed by atoms with Crippen LogP contribution in [0, 0.1) is 5.92 Å². The Bertz CT molecular complexity index is 498. The summed E-state index contributed by atoms with van der Waals surface area (Å²) in [5.74, 6) is 0.350. The lowest BCUT2D eigenvalue weighted by molar-refractivity contribution is -0.205. The van der Waals surface area contributed by atoms with E-state index in [-0.39, 0.29) is 11.9 Å². The highest BCUT2D eigenvalue weighted by Gasteiger charge is 2.48. The lowest BCUT2D eigenvalue weighted by Gasteiger charge is -2.44. The number of hydrogen-bond acceptors (Lipinski definition) is 7. The Morgan fingerprint density at radius 1 is 1.33 bits per heavy atom. The second-order valence-electron chi connectivity index (χ2n) is 7.73. The van der Waals surface area contributed by atoms with Crippen LogP contribution in [0.2, 0.25) is 0 Å². The molecule has 0 bridgehead atoms. The molecule has 158 valence electrons. The normalized spacial score (nSPS) is 39.9. The molecule has 2 aliphatic rings. The third kappa shape index (κ3) is 5.29. The average Bonchev–Trinajstić information content (AvgIpc) is 2.99. The zero-order valence-electron chi connectivity index (χ0n) is 16.4. The molecule has 2 rings (SSSR count). The van der Waals surface area contributed by atoms with E-state index in [0.29, 0.717) is 5.92 Å². The molecule has 7 nitrogen and oxygen atoms in total. The molecule has 4 N–H and O–H groups in total. The molecule has 1 amide bonds. The van der Waals surface area contributed by atoms with Gasteiger partial charge in [-0.1, -0.05) is 13.3 Å². The average molecular weight is 425 g/mol. The SMILES string of the molecule is CCC[C@@H]1C[C@@H](C(=O)N[C@H]([C@H](C)Cl)[C@H]2OC(SC)[C@H](O)[C@H](O)C2O)N(C)C1. The van der Waals surface area contributed by atoms with Gasteiger partial charge in [0.15, 0.2) is 0 Å². The number of ether oxygens (including phenoxy) is 1. The standard InChI is InChI=1S/C18H33ClN2O5S/c1-5-6-10-7-11(21(3)8-10)17(25)20-12(9(2)19)16-14(23)13(22)15(24)18(26-16)27-4/h9-16,18,22-24H,5-8H2,1-4H3,(H,20,25)/t9-,10+,11-,12+,13+,14?,15+,16+,18?/m0/s1. The molecule has 0 spiro atoms. The molecular formula is C18H33ClN2O5S. The molecular weight excluding hydrogens is 392 g/mol. The van der Waals surface area contributed by atoms with Crippen molar-refractivity contribution in [3.63, 3.8) is 0 Å². The first-order valence-corrected chi connectivity index (χ1v) is 11.3. The second-order valence-corrected chi connectivity index (χ2v) is 9.36. The lowest BCUT2D eigenvalue weighted by Crippen LogP contribution is -2.65. The summed E-state index contributed by atoms with van der Waals surface area (Å²) in [4.78, 5) is 14.9. The Balaban J connectivity index is 2.09. The van der Waals surface area contributed by atoms with E-state index in [9.17, 15) is 20.1 Å². The highest BCUT2D eigenvalue weighted by Crippen LogP contribution is 2.31. The first-order chi connectivity index (χ1) is 12.7. The van der Waals surface area contributed by atoms with Gasteiger partial charge in [0, 0.05) is 6.54 Å². The van der Waals surface area contributed by atoms with Crippen LogP contribution in [0.3, 0.4) is 0 Å². The molecule has 2 saturated heterocycles. The predicted molar refractivity (Wildman–Crippen MR) is 107 cm³/mol. The lowest BCUT2D eigenvalue weighted by atomic mass is 9.92. The molecule has 0 aromatic heterocycles. The van der Waals surface area contributed by atoms with Gasteiger partial charge in [-0.2, -0.15) is 0 Å². The van der Waals surface area contributed by atoms with E-state index in [2.05, 4.69) is 12.2 Å². The van der Waals surface area contributed by atoms with E-state index in [1.54, 1.807) is 13.2 Å². The molecule has 0 saturated carbocycles. The third-order valence-corrected chi connectivity index (χ3v) is 6.76. The Hall–Kier alpha value is -0.0900. The van der Waals surface area contributed by atoms with Crippen LogP contribution in [-0.4, -0.2) is 93.3 Å². The van der Waals surface area contributed by atoms with Crippen molar-refractivity contribution >= 4 is 29.3 Å². The number of likely N-dealkylation sites (N-methyl/N-ethyl adjacent to an activating group) is 1. The molecule has 0 aliphatic carbocycles. The summed E-state index contributed by atoms with van der Waals surface area (Å²) in [7, 11) is 1.94. The van der Waals surface area contributed by atoms with Crippen molar-refractivity contribution in [2.75, 3.05) is 19.8 Å². The molecule has 0 aromatic carbocycles. The van der Waals surface area contributed by atoms with Crippen LogP contribution in [0.1, 0.15) is 33.1 Å². The number of rotatable bonds is 7. The van der Waals surface area contributed by atoms with Crippen molar-refractivity contribution in [3.05, 3.63) is 0 Å². The van der Waals surface area contributed by atoms with Crippen molar-refractivity contribution in [2.24, 2.45) is 5.92 Å². The first kappa shape index (κ1) is 23.2. The number of nitrogens with zero attached hydrogens (tertiary/aromatic N) is 1. The molecule has 9 heteroatoms. The topological polar surface area (TPSA) is 102 Å². The second kappa shape index (κ2) is 10.1. The molecule has 2 unspecified atom stereocenters. The van der Waals surface area contributed by atoms with Crippen molar-refractivity contribution in [1.29, 1.82) is 0 Å². The highest BCUT2D eigenvalue weighted by molar-refractivity contribution is 7.99. The Labute approximate surface area is 170 Å². The van der Waals surface area contributed by atoms with Gasteiger partial charge in [0.1, 0.15) is 29.9 Å². The minimum Gasteiger partial charge on any atom is -0.388 e. The van der Waals surface area contributed by atoms with Gasteiger partial charge in [0.2, 0.25) is 5.91 Å². The highest BCUT2D eigenvalue weighted by atomic mass is 35.5. The van der Waals surface area contributed by atoms with E-state index in [4.69, 9.17) is 16.3 Å². The Morgan fingerprint density at radius 3 is 2.56 bits per heavy atom. The molecule has 2 aliphatic heterocycles. The number of carbonyl (C=O) groups excluding carboxylic acids is 1. The van der Waals surface area contributed by atoms with Gasteiger partial charge in [-0.15, -0.1) is 23.4 Å². The smallest absolute Gasteiger partial charge is 0.237 e. The van der Waals surface area contributed by atoms with E-state index in [0.717, 1.165) is 25.8 Å². The van der Waals surface area contributed by atoms with Gasteiger partial charge in [-0.3, -0.25) is 9.69 Å². The van der Waals surface area contributed by atoms with Crippen molar-refractivity contribution < 1.29 is 24.9 Å². The van der Waals surface area contributed by atoms with Crippen molar-refractivity contribution in [3.8, 4) is 0 Å². The summed E-state index contributed by atoms with van der Waals surface area (Å²) in [5, 5.41) is 33.0. The quantitative estimate of drug-likeness (QED) is 0.438. The maximum absolute atomic E-state index is 12.9. The van der Waals surface area contributed by atoms with E-state index in [1.807, 2.05) is 11.9 Å². The van der Waals surface area contributed by atoms with Crippen LogP contribution in [0.5, 0.6) is 0 Å². The van der Waals surface area contributed by atoms with E-state index in [1.165, 1.54) is 11.8 Å². The number of aliphatic hydroxyl groups is 3. The Morgan fingerprint density at radius 2 is 2.00 bits per heavy atom. The summed E-state index contributed by atoms with van der Waals surface area (Å²) in [6.45, 7) is 4.74. The number of amides is 1. The summed E-state index contributed by atoms with van der Waals surface area (Å²) in [5.41, 5.74) is -0.702. The zero-order valence-corrected chi connectivity index (χ0v) is 18.0. The minimum atomic E-state index is -1.36. The molecule has 2 heterocycles. The summed E-state index contributed by atoms with van der Waals surface area (Å²) in [6.07, 6.45) is -0.0980. The fourth-order valence-electron chi connectivity index (χ4n) is 4.11. The molecule has 27 heavy (non-hydrogen) atoms. The van der Waals surface area contributed by atoms with Crippen LogP contribution in [0.15, 0.2) is 0 Å². The zero-order chi connectivity index (χ0) is 20.3. The molecule has 2 fully saturated rings. The number of thioether (sulfide) groups is 1. The summed E-state index contributed by atoms with van der Waals surface area (Å²) in [6, 6.07) is -0.934. The van der Waals surface area contributed by atoms with Crippen molar-refractivity contribution in [2.45, 2.75) is 80.4 Å². The molecule has 0 radical (unpaired) electrons. The van der Waals surface area contributed by atoms with Crippen LogP contribution in [0.4, 0.5) is 0 Å². The number of halogens is 1. The van der Waals surface area contributed by atoms with E-state index < -0.39 is 41.3 Å². The number of hydrogen-bond donors (Lipinski definition) is 4. The third-order valence-electron chi connectivity index (χ3n) is 5.63. The van der Waals surface area contributed by atoms with Gasteiger partial charge in [0.05, 0.1) is 17.5 Å². The number of alkyl halides is 1. The number of aliphatic hydroxyl groups excluding tert-OH is 3. The van der Waals surface area contributed by atoms with Crippen LogP contribution in [0.25, 0.3) is 0 Å². The fourth-order valence-corrected chi connectivity index (χ4v) is 5.00. The van der Waals surface area contributed by atoms with Crippen LogP contribution in [-0.2, 0) is 9.53 Å². The van der Waals surface area contributed by atoms with Gasteiger partial charge < -0.3 is 25.4 Å². The van der Waals surface area contributed by atoms with Gasteiger partial charge in [-0.05, 0) is 39.0 Å². The summed E-state index contributed by atoms with van der Waals surface area (Å²) >= 11 is 7.55. The maximum Gasteiger partial charge on any atom is 0.237 e. The van der Waals surface area contributed by atoms with Gasteiger partial charge in [0.25, 0.3) is 0 Å². The minimum absolute atomic E-state index is 0.147. The van der Waals surface area contributed by atoms with Crippen LogP contribution >= 0.6 is 23.4 Å². The number of likely N-dealkylation sites (tertiary alicyclic amines) is 1. The van der Waals surface area contributed by atoms with Gasteiger partial charge >= 0.3 is 0 Å². The molecule has 9 atom stereocenters. The fraction of sp³-hybridized carbons (Fsp3) is 0.944. The first-order valence-electron chi connectivity index (χ1n) is 9.58. The summed E-state index contributed by atoms with van der Waals surface area (Å²) < 4.78 is 5.79. The van der Waals surface area contributed by atoms with Crippen molar-refractivity contribution in [1.82, 2.24) is 10.2 Å². The van der Waals surface area contributed by atoms with E-state index >= 15 is 0 Å². The monoisotopic (exact) mass is 424 g/mol. The van der Waals surface area contributed by atoms with Crippen LogP contribution < -0.4 is 5.32 Å². The Kier molecular flexibility index (Phi) is 8.67. The number of carbonyl (C=O) groups is 1. The molecule has 0 aromatic rings. The predicted octanol–water partition coefficient (Wildman–Crippen LogP) is 0.390. The largest absolute Gasteiger partial charge is 0.388 e. The number of nitrogens with one attached hydrogen (secondary N) is 1. The van der Waals surface area contributed by atoms with Gasteiger partial charge in [-0.25, -0.2) is 0 Å².